The van der Waals surface area contributed by atoms with Gasteiger partial charge in [-0.2, -0.15) is 0 Å². The van der Waals surface area contributed by atoms with Crippen molar-refractivity contribution < 1.29 is 4.42 Å². The maximum absolute atomic E-state index is 6.36. The Hall–Kier alpha value is -5.60. The fraction of sp³-hybridized carbons (Fsp3) is 0. The van der Waals surface area contributed by atoms with Gasteiger partial charge in [0.25, 0.3) is 0 Å². The van der Waals surface area contributed by atoms with Crippen LogP contribution in [-0.4, -0.2) is 0 Å². The first-order chi connectivity index (χ1) is 20.8. The van der Waals surface area contributed by atoms with Gasteiger partial charge in [0, 0.05) is 27.5 Å². The Balaban J connectivity index is 1.37. The lowest BCUT2D eigenvalue weighted by atomic mass is 9.94. The van der Waals surface area contributed by atoms with E-state index in [1.807, 2.05) is 0 Å². The third kappa shape index (κ3) is 3.45. The molecule has 0 spiro atoms. The first-order valence-corrected chi connectivity index (χ1v) is 14.4. The Morgan fingerprint density at radius 1 is 0.357 bits per heavy atom. The van der Waals surface area contributed by atoms with E-state index in [1.165, 1.54) is 43.1 Å². The Morgan fingerprint density at radius 3 is 1.81 bits per heavy atom. The van der Waals surface area contributed by atoms with Gasteiger partial charge in [0.1, 0.15) is 11.2 Å². The summed E-state index contributed by atoms with van der Waals surface area (Å²) in [5.41, 5.74) is 5.16. The van der Waals surface area contributed by atoms with E-state index in [0.717, 1.165) is 39.0 Å². The lowest BCUT2D eigenvalue weighted by molar-refractivity contribution is 0.669. The van der Waals surface area contributed by atoms with Crippen molar-refractivity contribution in [2.24, 2.45) is 0 Å². The Bertz CT molecular complexity index is 2460. The predicted molar refractivity (Wildman–Crippen MR) is 178 cm³/mol. The minimum atomic E-state index is 0.895. The zero-order valence-electron chi connectivity index (χ0n) is 22.8. The van der Waals surface area contributed by atoms with Gasteiger partial charge in [-0.25, -0.2) is 0 Å². The second-order valence-electron chi connectivity index (χ2n) is 11.0. The predicted octanol–water partition coefficient (Wildman–Crippen LogP) is 11.7. The molecule has 1 aromatic heterocycles. The molecule has 0 atom stereocenters. The summed E-state index contributed by atoms with van der Waals surface area (Å²) in [5, 5.41) is 12.2. The topological polar surface area (TPSA) is 16.4 Å². The molecule has 0 aliphatic rings. The molecule has 8 aromatic carbocycles. The Labute approximate surface area is 242 Å². The number of hydrogen-bond acceptors (Lipinski definition) is 2. The molecule has 0 N–H and O–H groups in total. The van der Waals surface area contributed by atoms with E-state index in [0.29, 0.717) is 0 Å². The van der Waals surface area contributed by atoms with Gasteiger partial charge < -0.3 is 9.32 Å². The van der Waals surface area contributed by atoms with Gasteiger partial charge in [0.15, 0.2) is 0 Å². The molecule has 0 fully saturated rings. The van der Waals surface area contributed by atoms with Crippen LogP contribution >= 0.6 is 0 Å². The zero-order chi connectivity index (χ0) is 27.6. The van der Waals surface area contributed by atoms with Crippen LogP contribution in [0.1, 0.15) is 0 Å². The average Bonchev–Trinajstić information content (AvgIpc) is 3.40. The van der Waals surface area contributed by atoms with Crippen LogP contribution in [-0.2, 0) is 0 Å². The van der Waals surface area contributed by atoms with E-state index in [4.69, 9.17) is 4.42 Å². The van der Waals surface area contributed by atoms with Gasteiger partial charge in [0.2, 0.25) is 0 Å². The van der Waals surface area contributed by atoms with Crippen molar-refractivity contribution in [3.63, 3.8) is 0 Å². The molecule has 196 valence electrons. The summed E-state index contributed by atoms with van der Waals surface area (Å²) in [7, 11) is 0. The molecule has 0 aliphatic heterocycles. The van der Waals surface area contributed by atoms with Crippen molar-refractivity contribution in [3.05, 3.63) is 152 Å². The van der Waals surface area contributed by atoms with Crippen molar-refractivity contribution in [1.82, 2.24) is 0 Å². The molecule has 0 bridgehead atoms. The summed E-state index contributed by atoms with van der Waals surface area (Å²) in [6, 6.07) is 54.4. The standard InChI is InChI=1S/C40H25NO/c1-2-14-30(15-3-1)41(31-19-21-38-36(25-31)35-22-27-11-4-5-12-28(27)24-39(35)42-38)37-23-29-13-7-9-17-33(29)40-32-16-8-6-10-26(32)18-20-34(37)40/h1-25H. The van der Waals surface area contributed by atoms with Crippen LogP contribution in [0.5, 0.6) is 0 Å². The van der Waals surface area contributed by atoms with Gasteiger partial charge in [-0.3, -0.25) is 0 Å². The highest BCUT2D eigenvalue weighted by atomic mass is 16.3. The molecule has 0 saturated carbocycles. The highest BCUT2D eigenvalue weighted by Gasteiger charge is 2.20. The summed E-state index contributed by atoms with van der Waals surface area (Å²) >= 11 is 0. The van der Waals surface area contributed by atoms with Gasteiger partial charge in [-0.05, 0) is 86.2 Å². The monoisotopic (exact) mass is 535 g/mol. The number of nitrogens with zero attached hydrogens (tertiary/aromatic N) is 1. The molecule has 1 heterocycles. The normalized spacial score (nSPS) is 11.8. The van der Waals surface area contributed by atoms with Gasteiger partial charge in [-0.15, -0.1) is 0 Å². The summed E-state index contributed by atoms with van der Waals surface area (Å²) < 4.78 is 6.36. The first-order valence-electron chi connectivity index (χ1n) is 14.4. The van der Waals surface area contributed by atoms with E-state index in [9.17, 15) is 0 Å². The average molecular weight is 536 g/mol. The smallest absolute Gasteiger partial charge is 0.136 e. The molecule has 9 rings (SSSR count). The van der Waals surface area contributed by atoms with Crippen LogP contribution < -0.4 is 4.90 Å². The third-order valence-electron chi connectivity index (χ3n) is 8.56. The summed E-state index contributed by atoms with van der Waals surface area (Å²) in [6.45, 7) is 0. The number of furan rings is 1. The van der Waals surface area contributed by atoms with Crippen LogP contribution in [0.3, 0.4) is 0 Å². The lowest BCUT2D eigenvalue weighted by Crippen LogP contribution is -2.10. The van der Waals surface area contributed by atoms with Crippen molar-refractivity contribution in [2.45, 2.75) is 0 Å². The van der Waals surface area contributed by atoms with E-state index >= 15 is 0 Å². The van der Waals surface area contributed by atoms with Crippen LogP contribution in [0.15, 0.2) is 156 Å². The van der Waals surface area contributed by atoms with E-state index in [-0.39, 0.29) is 0 Å². The molecule has 0 aliphatic carbocycles. The number of hydrogen-bond donors (Lipinski definition) is 0. The molecule has 0 radical (unpaired) electrons. The van der Waals surface area contributed by atoms with Crippen LogP contribution in [0.4, 0.5) is 17.1 Å². The second-order valence-corrected chi connectivity index (χ2v) is 11.0. The van der Waals surface area contributed by atoms with Crippen LogP contribution in [0.2, 0.25) is 0 Å². The highest BCUT2D eigenvalue weighted by Crippen LogP contribution is 2.45. The van der Waals surface area contributed by atoms with Crippen molar-refractivity contribution in [1.29, 1.82) is 0 Å². The van der Waals surface area contributed by atoms with E-state index in [2.05, 4.69) is 157 Å². The maximum atomic E-state index is 6.36. The number of para-hydroxylation sites is 1. The third-order valence-corrected chi connectivity index (χ3v) is 8.56. The van der Waals surface area contributed by atoms with Crippen molar-refractivity contribution in [3.8, 4) is 0 Å². The lowest BCUT2D eigenvalue weighted by Gasteiger charge is -2.28. The quantitative estimate of drug-likeness (QED) is 0.209. The first kappa shape index (κ1) is 23.1. The largest absolute Gasteiger partial charge is 0.456 e. The number of anilines is 3. The Morgan fingerprint density at radius 2 is 1.00 bits per heavy atom. The molecule has 42 heavy (non-hydrogen) atoms. The SMILES string of the molecule is c1ccc(N(c2ccc3oc4cc5ccccc5cc4c3c2)c2cc3ccccc3c3c2ccc2ccccc23)cc1. The molecular formula is C40H25NO. The molecule has 2 heteroatoms. The number of benzene rings is 8. The summed E-state index contributed by atoms with van der Waals surface area (Å²) in [5.74, 6) is 0. The van der Waals surface area contributed by atoms with E-state index < -0.39 is 0 Å². The zero-order valence-corrected chi connectivity index (χ0v) is 22.8. The number of fused-ring (bicyclic) bond motifs is 9. The maximum Gasteiger partial charge on any atom is 0.136 e. The van der Waals surface area contributed by atoms with Crippen molar-refractivity contribution in [2.75, 3.05) is 4.90 Å². The fourth-order valence-electron chi connectivity index (χ4n) is 6.63. The molecule has 9 aromatic rings. The molecular weight excluding hydrogens is 510 g/mol. The Kier molecular flexibility index (Phi) is 4.93. The molecule has 2 nitrogen and oxygen atoms in total. The summed E-state index contributed by atoms with van der Waals surface area (Å²) in [6.07, 6.45) is 0. The minimum Gasteiger partial charge on any atom is -0.456 e. The van der Waals surface area contributed by atoms with Crippen LogP contribution in [0, 0.1) is 0 Å². The summed E-state index contributed by atoms with van der Waals surface area (Å²) in [4.78, 5) is 2.39. The minimum absolute atomic E-state index is 0.895. The number of rotatable bonds is 3. The van der Waals surface area contributed by atoms with Crippen molar-refractivity contribution >= 4 is 82.1 Å². The van der Waals surface area contributed by atoms with Gasteiger partial charge in [0.05, 0.1) is 5.69 Å². The van der Waals surface area contributed by atoms with Gasteiger partial charge in [-0.1, -0.05) is 103 Å². The van der Waals surface area contributed by atoms with Crippen LogP contribution in [0.25, 0.3) is 65.0 Å². The highest BCUT2D eigenvalue weighted by molar-refractivity contribution is 6.24. The van der Waals surface area contributed by atoms with E-state index in [1.54, 1.807) is 0 Å². The molecule has 0 amide bonds. The fourth-order valence-corrected chi connectivity index (χ4v) is 6.63. The molecule has 0 saturated heterocycles. The second kappa shape index (κ2) is 8.95. The molecule has 0 unspecified atom stereocenters. The van der Waals surface area contributed by atoms with Gasteiger partial charge >= 0.3 is 0 Å².